The van der Waals surface area contributed by atoms with Crippen LogP contribution in [0.2, 0.25) is 0 Å². The Kier molecular flexibility index (Phi) is 6.00. The summed E-state index contributed by atoms with van der Waals surface area (Å²) in [6.45, 7) is 2.38. The van der Waals surface area contributed by atoms with Crippen LogP contribution in [-0.2, 0) is 13.1 Å². The molecular formula is C16H20N6. The second-order valence-electron chi connectivity index (χ2n) is 4.78. The Hall–Kier alpha value is -2.81. The molecule has 6 nitrogen and oxygen atoms in total. The number of hydrogen-bond acceptors (Lipinski definition) is 3. The standard InChI is InChI=1S/C16H20N6/c1-18-16(19-8-2-10-22-11-3-9-21-22)20-13-15-6-4-14(12-17)5-7-15/h3-7,9,11H,2,8,10,13H2,1H3,(H2,18,19,20). The summed E-state index contributed by atoms with van der Waals surface area (Å²) in [5.74, 6) is 0.768. The van der Waals surface area contributed by atoms with Crippen LogP contribution in [0.1, 0.15) is 17.5 Å². The van der Waals surface area contributed by atoms with E-state index in [0.29, 0.717) is 12.1 Å². The molecule has 0 saturated heterocycles. The molecule has 6 heteroatoms. The summed E-state index contributed by atoms with van der Waals surface area (Å²) in [7, 11) is 1.75. The molecular weight excluding hydrogens is 276 g/mol. The van der Waals surface area contributed by atoms with Gasteiger partial charge < -0.3 is 10.6 Å². The molecule has 1 aromatic heterocycles. The SMILES string of the molecule is CN=C(NCCCn1cccn1)NCc1ccc(C#N)cc1. The highest BCUT2D eigenvalue weighted by Crippen LogP contribution is 2.02. The van der Waals surface area contributed by atoms with Gasteiger partial charge in [0.1, 0.15) is 0 Å². The number of nitriles is 1. The van der Waals surface area contributed by atoms with Gasteiger partial charge in [0, 0.05) is 39.1 Å². The molecule has 0 aliphatic carbocycles. The summed E-state index contributed by atoms with van der Waals surface area (Å²) in [6.07, 6.45) is 4.71. The van der Waals surface area contributed by atoms with Crippen LogP contribution in [-0.4, -0.2) is 29.3 Å². The van der Waals surface area contributed by atoms with E-state index in [1.165, 1.54) is 0 Å². The van der Waals surface area contributed by atoms with Gasteiger partial charge in [0.05, 0.1) is 11.6 Å². The fourth-order valence-corrected chi connectivity index (χ4v) is 1.98. The van der Waals surface area contributed by atoms with Gasteiger partial charge in [-0.1, -0.05) is 12.1 Å². The van der Waals surface area contributed by atoms with Crippen molar-refractivity contribution in [2.75, 3.05) is 13.6 Å². The van der Waals surface area contributed by atoms with E-state index in [2.05, 4.69) is 26.8 Å². The molecule has 0 aliphatic heterocycles. The van der Waals surface area contributed by atoms with Crippen molar-refractivity contribution in [3.8, 4) is 6.07 Å². The van der Waals surface area contributed by atoms with Crippen LogP contribution in [0.3, 0.4) is 0 Å². The number of nitrogens with zero attached hydrogens (tertiary/aromatic N) is 4. The first-order chi connectivity index (χ1) is 10.8. The summed E-state index contributed by atoms with van der Waals surface area (Å²) in [4.78, 5) is 4.19. The molecule has 0 aliphatic rings. The van der Waals surface area contributed by atoms with Crippen LogP contribution in [0, 0.1) is 11.3 Å². The topological polar surface area (TPSA) is 78.0 Å². The average Bonchev–Trinajstić information content (AvgIpc) is 3.08. The van der Waals surface area contributed by atoms with Crippen molar-refractivity contribution in [2.24, 2.45) is 4.99 Å². The van der Waals surface area contributed by atoms with Crippen molar-refractivity contribution in [3.63, 3.8) is 0 Å². The zero-order valence-corrected chi connectivity index (χ0v) is 12.7. The summed E-state index contributed by atoms with van der Waals surface area (Å²) in [5.41, 5.74) is 1.78. The fourth-order valence-electron chi connectivity index (χ4n) is 1.98. The summed E-state index contributed by atoms with van der Waals surface area (Å²) in [5, 5.41) is 19.5. The van der Waals surface area contributed by atoms with Gasteiger partial charge in [-0.3, -0.25) is 9.67 Å². The fraction of sp³-hybridized carbons (Fsp3) is 0.312. The zero-order valence-electron chi connectivity index (χ0n) is 12.7. The normalized spacial score (nSPS) is 11.0. The van der Waals surface area contributed by atoms with Gasteiger partial charge in [-0.05, 0) is 30.2 Å². The van der Waals surface area contributed by atoms with Crippen LogP contribution in [0.15, 0.2) is 47.7 Å². The Morgan fingerprint density at radius 3 is 2.77 bits per heavy atom. The maximum Gasteiger partial charge on any atom is 0.191 e. The molecule has 1 aromatic carbocycles. The zero-order chi connectivity index (χ0) is 15.6. The summed E-state index contributed by atoms with van der Waals surface area (Å²) in [6, 6.07) is 11.6. The maximum atomic E-state index is 8.77. The number of aromatic nitrogens is 2. The molecule has 114 valence electrons. The van der Waals surface area contributed by atoms with Gasteiger partial charge in [-0.2, -0.15) is 10.4 Å². The highest BCUT2D eigenvalue weighted by molar-refractivity contribution is 5.79. The van der Waals surface area contributed by atoms with Crippen LogP contribution in [0.4, 0.5) is 0 Å². The van der Waals surface area contributed by atoms with E-state index in [-0.39, 0.29) is 0 Å². The quantitative estimate of drug-likeness (QED) is 0.481. The molecule has 0 fully saturated rings. The van der Waals surface area contributed by atoms with Gasteiger partial charge in [-0.25, -0.2) is 0 Å². The molecule has 2 rings (SSSR count). The predicted molar refractivity (Wildman–Crippen MR) is 86.2 cm³/mol. The first kappa shape index (κ1) is 15.6. The predicted octanol–water partition coefficient (Wildman–Crippen LogP) is 1.51. The van der Waals surface area contributed by atoms with Crippen molar-refractivity contribution in [1.82, 2.24) is 20.4 Å². The minimum Gasteiger partial charge on any atom is -0.356 e. The van der Waals surface area contributed by atoms with Crippen LogP contribution in [0.25, 0.3) is 0 Å². The molecule has 0 unspecified atom stereocenters. The summed E-state index contributed by atoms with van der Waals surface area (Å²) < 4.78 is 1.91. The molecule has 0 radical (unpaired) electrons. The number of nitrogens with one attached hydrogen (secondary N) is 2. The van der Waals surface area contributed by atoms with E-state index in [1.807, 2.05) is 41.2 Å². The van der Waals surface area contributed by atoms with Gasteiger partial charge >= 0.3 is 0 Å². The van der Waals surface area contributed by atoms with Gasteiger partial charge in [0.25, 0.3) is 0 Å². The second-order valence-corrected chi connectivity index (χ2v) is 4.78. The molecule has 22 heavy (non-hydrogen) atoms. The van der Waals surface area contributed by atoms with Crippen molar-refractivity contribution in [2.45, 2.75) is 19.5 Å². The number of aliphatic imine (C=N–C) groups is 1. The number of aryl methyl sites for hydroxylation is 1. The molecule has 0 amide bonds. The van der Waals surface area contributed by atoms with Gasteiger partial charge in [0.15, 0.2) is 5.96 Å². The lowest BCUT2D eigenvalue weighted by molar-refractivity contribution is 0.570. The van der Waals surface area contributed by atoms with Gasteiger partial charge in [-0.15, -0.1) is 0 Å². The van der Waals surface area contributed by atoms with E-state index in [4.69, 9.17) is 5.26 Å². The third kappa shape index (κ3) is 4.94. The Morgan fingerprint density at radius 1 is 1.32 bits per heavy atom. The monoisotopic (exact) mass is 296 g/mol. The molecule has 0 saturated carbocycles. The Balaban J connectivity index is 1.69. The third-order valence-corrected chi connectivity index (χ3v) is 3.18. The molecule has 0 spiro atoms. The van der Waals surface area contributed by atoms with Crippen molar-refractivity contribution >= 4 is 5.96 Å². The van der Waals surface area contributed by atoms with E-state index < -0.39 is 0 Å². The van der Waals surface area contributed by atoms with E-state index in [9.17, 15) is 0 Å². The Morgan fingerprint density at radius 2 is 2.14 bits per heavy atom. The van der Waals surface area contributed by atoms with Crippen molar-refractivity contribution < 1.29 is 0 Å². The molecule has 0 bridgehead atoms. The first-order valence-corrected chi connectivity index (χ1v) is 7.23. The maximum absolute atomic E-state index is 8.77. The Labute approximate surface area is 130 Å². The lowest BCUT2D eigenvalue weighted by Gasteiger charge is -2.12. The molecule has 2 N–H and O–H groups in total. The first-order valence-electron chi connectivity index (χ1n) is 7.23. The number of benzene rings is 1. The number of hydrogen-bond donors (Lipinski definition) is 2. The van der Waals surface area contributed by atoms with Crippen LogP contribution < -0.4 is 10.6 Å². The third-order valence-electron chi connectivity index (χ3n) is 3.18. The second kappa shape index (κ2) is 8.47. The van der Waals surface area contributed by atoms with E-state index >= 15 is 0 Å². The van der Waals surface area contributed by atoms with E-state index in [0.717, 1.165) is 31.0 Å². The van der Waals surface area contributed by atoms with Crippen LogP contribution >= 0.6 is 0 Å². The molecule has 2 aromatic rings. The van der Waals surface area contributed by atoms with Crippen LogP contribution in [0.5, 0.6) is 0 Å². The largest absolute Gasteiger partial charge is 0.356 e. The number of rotatable bonds is 6. The minimum absolute atomic E-state index is 0.671. The number of guanidine groups is 1. The van der Waals surface area contributed by atoms with E-state index in [1.54, 1.807) is 13.2 Å². The van der Waals surface area contributed by atoms with Gasteiger partial charge in [0.2, 0.25) is 0 Å². The molecule has 1 heterocycles. The van der Waals surface area contributed by atoms with Crippen molar-refractivity contribution in [3.05, 3.63) is 53.9 Å². The smallest absolute Gasteiger partial charge is 0.191 e. The summed E-state index contributed by atoms with van der Waals surface area (Å²) >= 11 is 0. The highest BCUT2D eigenvalue weighted by atomic mass is 15.3. The lowest BCUT2D eigenvalue weighted by atomic mass is 10.1. The molecule has 0 atom stereocenters. The Bertz CT molecular complexity index is 622. The highest BCUT2D eigenvalue weighted by Gasteiger charge is 1.99. The average molecular weight is 296 g/mol. The minimum atomic E-state index is 0.671. The van der Waals surface area contributed by atoms with Crippen molar-refractivity contribution in [1.29, 1.82) is 5.26 Å². The lowest BCUT2D eigenvalue weighted by Crippen LogP contribution is -2.37.